The van der Waals surface area contributed by atoms with E-state index in [2.05, 4.69) is 11.4 Å². The number of benzene rings is 1. The molecular formula is C16H22N2OS. The zero-order chi connectivity index (χ0) is 14.4. The number of hydrogen-bond donors (Lipinski definition) is 2. The smallest absolute Gasteiger partial charge is 0.133 e. The Hall–Kier alpha value is -1.02. The van der Waals surface area contributed by atoms with E-state index in [1.807, 2.05) is 37.3 Å². The van der Waals surface area contributed by atoms with E-state index in [9.17, 15) is 5.26 Å². The standard InChI is InChI=1S/C16H22N2OS/c1-13(11-19)20-10-9-16(12-17,18-15-7-8-15)14-5-3-2-4-6-14/h2-6,13,15,18-19H,7-11H2,1H3. The van der Waals surface area contributed by atoms with Crippen molar-refractivity contribution >= 4 is 11.8 Å². The molecule has 0 heterocycles. The number of hydrogen-bond acceptors (Lipinski definition) is 4. The van der Waals surface area contributed by atoms with Crippen molar-refractivity contribution in [2.45, 2.75) is 43.0 Å². The Morgan fingerprint density at radius 3 is 2.70 bits per heavy atom. The Morgan fingerprint density at radius 1 is 1.45 bits per heavy atom. The van der Waals surface area contributed by atoms with Crippen LogP contribution in [-0.4, -0.2) is 28.8 Å². The van der Waals surface area contributed by atoms with Crippen LogP contribution in [0, 0.1) is 11.3 Å². The summed E-state index contributed by atoms with van der Waals surface area (Å²) in [5.41, 5.74) is 0.455. The van der Waals surface area contributed by atoms with Crippen LogP contribution >= 0.6 is 11.8 Å². The van der Waals surface area contributed by atoms with Crippen molar-refractivity contribution in [3.63, 3.8) is 0 Å². The van der Waals surface area contributed by atoms with Gasteiger partial charge in [-0.15, -0.1) is 0 Å². The molecule has 0 spiro atoms. The number of nitriles is 1. The number of aliphatic hydroxyl groups excluding tert-OH is 1. The lowest BCUT2D eigenvalue weighted by atomic mass is 9.88. The third-order valence-corrected chi connectivity index (χ3v) is 4.78. The van der Waals surface area contributed by atoms with Crippen molar-refractivity contribution in [3.05, 3.63) is 35.9 Å². The van der Waals surface area contributed by atoms with Crippen molar-refractivity contribution in [3.8, 4) is 6.07 Å². The summed E-state index contributed by atoms with van der Waals surface area (Å²) >= 11 is 1.72. The fraction of sp³-hybridized carbons (Fsp3) is 0.562. The maximum Gasteiger partial charge on any atom is 0.133 e. The minimum absolute atomic E-state index is 0.186. The molecule has 0 amide bonds. The van der Waals surface area contributed by atoms with E-state index in [0.29, 0.717) is 6.04 Å². The van der Waals surface area contributed by atoms with E-state index < -0.39 is 5.54 Å². The minimum Gasteiger partial charge on any atom is -0.395 e. The van der Waals surface area contributed by atoms with Gasteiger partial charge in [0.1, 0.15) is 5.54 Å². The molecule has 2 rings (SSSR count). The molecule has 4 heteroatoms. The van der Waals surface area contributed by atoms with Crippen LogP contribution in [0.1, 0.15) is 31.7 Å². The number of nitrogens with one attached hydrogen (secondary N) is 1. The van der Waals surface area contributed by atoms with Gasteiger partial charge in [0.25, 0.3) is 0 Å². The van der Waals surface area contributed by atoms with E-state index in [1.165, 1.54) is 0 Å². The molecule has 1 saturated carbocycles. The van der Waals surface area contributed by atoms with Gasteiger partial charge in [-0.2, -0.15) is 17.0 Å². The average molecular weight is 290 g/mol. The van der Waals surface area contributed by atoms with Gasteiger partial charge in [-0.3, -0.25) is 5.32 Å². The first kappa shape index (κ1) is 15.4. The molecule has 1 aromatic rings. The first-order chi connectivity index (χ1) is 9.70. The predicted octanol–water partition coefficient (Wildman–Crippen LogP) is 2.66. The Kier molecular flexibility index (Phi) is 5.47. The van der Waals surface area contributed by atoms with E-state index in [1.54, 1.807) is 11.8 Å². The second-order valence-corrected chi connectivity index (χ2v) is 6.96. The highest BCUT2D eigenvalue weighted by atomic mass is 32.2. The molecule has 108 valence electrons. The molecule has 1 aromatic carbocycles. The zero-order valence-electron chi connectivity index (χ0n) is 11.9. The molecule has 1 fully saturated rings. The van der Waals surface area contributed by atoms with Crippen LogP contribution in [0.4, 0.5) is 0 Å². The quantitative estimate of drug-likeness (QED) is 0.773. The first-order valence-corrected chi connectivity index (χ1v) is 8.22. The topological polar surface area (TPSA) is 56.0 Å². The van der Waals surface area contributed by atoms with Gasteiger partial charge in [0.05, 0.1) is 12.7 Å². The normalized spacial score (nSPS) is 19.1. The fourth-order valence-corrected chi connectivity index (χ4v) is 3.15. The van der Waals surface area contributed by atoms with Gasteiger partial charge in [-0.1, -0.05) is 37.3 Å². The molecule has 0 saturated heterocycles. The average Bonchev–Trinajstić information content (AvgIpc) is 3.30. The van der Waals surface area contributed by atoms with E-state index >= 15 is 0 Å². The van der Waals surface area contributed by atoms with Crippen LogP contribution in [0.25, 0.3) is 0 Å². The Bertz CT molecular complexity index is 455. The number of nitrogens with zero attached hydrogens (tertiary/aromatic N) is 1. The molecule has 2 N–H and O–H groups in total. The predicted molar refractivity (Wildman–Crippen MR) is 83.5 cm³/mol. The summed E-state index contributed by atoms with van der Waals surface area (Å²) in [5.74, 6) is 0.865. The molecule has 0 aromatic heterocycles. The lowest BCUT2D eigenvalue weighted by Crippen LogP contribution is -2.43. The summed E-state index contributed by atoms with van der Waals surface area (Å²) in [4.78, 5) is 0. The monoisotopic (exact) mass is 290 g/mol. The highest BCUT2D eigenvalue weighted by molar-refractivity contribution is 7.99. The lowest BCUT2D eigenvalue weighted by Gasteiger charge is -2.29. The molecule has 1 aliphatic carbocycles. The van der Waals surface area contributed by atoms with Crippen LogP contribution in [0.2, 0.25) is 0 Å². The van der Waals surface area contributed by atoms with Crippen LogP contribution in [-0.2, 0) is 5.54 Å². The van der Waals surface area contributed by atoms with Crippen molar-refractivity contribution in [1.29, 1.82) is 5.26 Å². The van der Waals surface area contributed by atoms with Gasteiger partial charge in [0.15, 0.2) is 0 Å². The largest absolute Gasteiger partial charge is 0.395 e. The summed E-state index contributed by atoms with van der Waals surface area (Å²) in [6.07, 6.45) is 3.09. The molecule has 3 nitrogen and oxygen atoms in total. The summed E-state index contributed by atoms with van der Waals surface area (Å²) in [6.45, 7) is 2.20. The molecule has 2 atom stereocenters. The third kappa shape index (κ3) is 3.99. The second kappa shape index (κ2) is 7.12. The van der Waals surface area contributed by atoms with Crippen molar-refractivity contribution in [2.75, 3.05) is 12.4 Å². The van der Waals surface area contributed by atoms with Gasteiger partial charge < -0.3 is 5.11 Å². The minimum atomic E-state index is -0.593. The molecule has 0 aliphatic heterocycles. The number of thioether (sulfide) groups is 1. The Balaban J connectivity index is 2.09. The van der Waals surface area contributed by atoms with Crippen LogP contribution in [0.15, 0.2) is 30.3 Å². The van der Waals surface area contributed by atoms with Gasteiger partial charge in [-0.25, -0.2) is 0 Å². The Labute approximate surface area is 125 Å². The molecule has 2 unspecified atom stereocenters. The molecule has 20 heavy (non-hydrogen) atoms. The molecule has 1 aliphatic rings. The highest BCUT2D eigenvalue weighted by Gasteiger charge is 2.37. The van der Waals surface area contributed by atoms with Gasteiger partial charge >= 0.3 is 0 Å². The van der Waals surface area contributed by atoms with E-state index in [-0.39, 0.29) is 11.9 Å². The molecule has 0 bridgehead atoms. The first-order valence-electron chi connectivity index (χ1n) is 7.17. The van der Waals surface area contributed by atoms with Gasteiger partial charge in [0.2, 0.25) is 0 Å². The van der Waals surface area contributed by atoms with Crippen molar-refractivity contribution in [1.82, 2.24) is 5.32 Å². The summed E-state index contributed by atoms with van der Waals surface area (Å²) in [6, 6.07) is 13.0. The zero-order valence-corrected chi connectivity index (χ0v) is 12.7. The van der Waals surface area contributed by atoms with E-state index in [4.69, 9.17) is 5.11 Å². The molecule has 0 radical (unpaired) electrons. The third-order valence-electron chi connectivity index (χ3n) is 3.62. The van der Waals surface area contributed by atoms with Crippen LogP contribution in [0.3, 0.4) is 0 Å². The second-order valence-electron chi connectivity index (χ2n) is 5.42. The summed E-state index contributed by atoms with van der Waals surface area (Å²) in [7, 11) is 0. The highest BCUT2D eigenvalue weighted by Crippen LogP contribution is 2.32. The van der Waals surface area contributed by atoms with Gasteiger partial charge in [0, 0.05) is 11.3 Å². The molecular weight excluding hydrogens is 268 g/mol. The van der Waals surface area contributed by atoms with Crippen molar-refractivity contribution in [2.24, 2.45) is 0 Å². The number of aliphatic hydroxyl groups is 1. The summed E-state index contributed by atoms with van der Waals surface area (Å²) < 4.78 is 0. The Morgan fingerprint density at radius 2 is 2.15 bits per heavy atom. The van der Waals surface area contributed by atoms with E-state index in [0.717, 1.165) is 30.6 Å². The lowest BCUT2D eigenvalue weighted by molar-refractivity contribution is 0.300. The maximum atomic E-state index is 9.76. The van der Waals surface area contributed by atoms with Crippen LogP contribution < -0.4 is 5.32 Å². The van der Waals surface area contributed by atoms with Crippen molar-refractivity contribution < 1.29 is 5.11 Å². The number of rotatable bonds is 8. The SMILES string of the molecule is CC(CO)SCCC(C#N)(NC1CC1)c1ccccc1. The fourth-order valence-electron chi connectivity index (χ4n) is 2.22. The summed E-state index contributed by atoms with van der Waals surface area (Å²) in [5, 5.41) is 22.6. The maximum absolute atomic E-state index is 9.76. The van der Waals surface area contributed by atoms with Gasteiger partial charge in [-0.05, 0) is 30.6 Å². The van der Waals surface area contributed by atoms with Crippen LogP contribution in [0.5, 0.6) is 0 Å².